The van der Waals surface area contributed by atoms with Crippen molar-refractivity contribution in [3.63, 3.8) is 0 Å². The van der Waals surface area contributed by atoms with Crippen LogP contribution in [0.5, 0.6) is 11.5 Å². The van der Waals surface area contributed by atoms with Crippen molar-refractivity contribution in [2.75, 3.05) is 26.3 Å². The van der Waals surface area contributed by atoms with Gasteiger partial charge in [0.15, 0.2) is 0 Å². The largest absolute Gasteiger partial charge is 0.494 e. The minimum Gasteiger partial charge on any atom is -0.494 e. The number of ether oxygens (including phenoxy) is 2. The third-order valence-electron chi connectivity index (χ3n) is 3.67. The molecule has 0 aromatic heterocycles. The molecule has 1 N–H and O–H groups in total. The van der Waals surface area contributed by atoms with E-state index in [1.807, 2.05) is 39.0 Å². The molecule has 0 fully saturated rings. The lowest BCUT2D eigenvalue weighted by Gasteiger charge is -2.29. The van der Waals surface area contributed by atoms with Crippen LogP contribution in [0.4, 0.5) is 0 Å². The van der Waals surface area contributed by atoms with Crippen LogP contribution in [0.15, 0.2) is 18.2 Å². The monoisotopic (exact) mass is 328 g/mol. The minimum atomic E-state index is -3.50. The van der Waals surface area contributed by atoms with Gasteiger partial charge in [0, 0.05) is 25.1 Å². The summed E-state index contributed by atoms with van der Waals surface area (Å²) >= 11 is 0. The van der Waals surface area contributed by atoms with E-state index < -0.39 is 10.2 Å². The van der Waals surface area contributed by atoms with Crippen molar-refractivity contribution in [3.8, 4) is 11.5 Å². The number of hydrogen-bond donors (Lipinski definition) is 1. The van der Waals surface area contributed by atoms with Gasteiger partial charge in [0.2, 0.25) is 0 Å². The number of rotatable bonds is 7. The Balaban J connectivity index is 2.26. The molecule has 1 aliphatic rings. The van der Waals surface area contributed by atoms with Crippen LogP contribution in [-0.4, -0.2) is 39.0 Å². The van der Waals surface area contributed by atoms with Crippen molar-refractivity contribution in [2.45, 2.75) is 33.2 Å². The molecule has 0 spiro atoms. The van der Waals surface area contributed by atoms with Crippen LogP contribution in [0.3, 0.4) is 0 Å². The standard InChI is InChI=1S/C15H24N2O4S/c1-4-17(5-2)22(18,19)16-14-9-10-21-15-8-7-12(20-6-3)11-13(14)15/h7-8,11,14,16H,4-6,9-10H2,1-3H3. The molecule has 124 valence electrons. The average Bonchev–Trinajstić information content (AvgIpc) is 2.49. The van der Waals surface area contributed by atoms with Gasteiger partial charge in [-0.05, 0) is 25.1 Å². The van der Waals surface area contributed by atoms with E-state index in [1.54, 1.807) is 0 Å². The fraction of sp³-hybridized carbons (Fsp3) is 0.600. The maximum Gasteiger partial charge on any atom is 0.279 e. The lowest BCUT2D eigenvalue weighted by atomic mass is 10.0. The zero-order chi connectivity index (χ0) is 16.2. The first-order valence-corrected chi connectivity index (χ1v) is 9.12. The van der Waals surface area contributed by atoms with Gasteiger partial charge in [0.25, 0.3) is 10.2 Å². The van der Waals surface area contributed by atoms with Crippen LogP contribution < -0.4 is 14.2 Å². The molecule has 0 saturated heterocycles. The van der Waals surface area contributed by atoms with Gasteiger partial charge >= 0.3 is 0 Å². The Bertz CT molecular complexity index is 600. The summed E-state index contributed by atoms with van der Waals surface area (Å²) < 4.78 is 40.2. The molecule has 6 nitrogen and oxygen atoms in total. The second kappa shape index (κ2) is 7.30. The van der Waals surface area contributed by atoms with E-state index >= 15 is 0 Å². The Labute approximate surface area is 132 Å². The molecule has 22 heavy (non-hydrogen) atoms. The van der Waals surface area contributed by atoms with E-state index in [4.69, 9.17) is 9.47 Å². The summed E-state index contributed by atoms with van der Waals surface area (Å²) in [6, 6.07) is 5.23. The predicted octanol–water partition coefficient (Wildman–Crippen LogP) is 2.09. The first-order chi connectivity index (χ1) is 10.5. The smallest absolute Gasteiger partial charge is 0.279 e. The lowest BCUT2D eigenvalue weighted by Crippen LogP contribution is -2.43. The van der Waals surface area contributed by atoms with Gasteiger partial charge in [-0.3, -0.25) is 0 Å². The molecule has 1 unspecified atom stereocenters. The maximum atomic E-state index is 12.4. The highest BCUT2D eigenvalue weighted by Gasteiger charge is 2.28. The van der Waals surface area contributed by atoms with E-state index in [0.29, 0.717) is 38.5 Å². The van der Waals surface area contributed by atoms with Gasteiger partial charge in [0.05, 0.1) is 19.3 Å². The fourth-order valence-corrected chi connectivity index (χ4v) is 4.00. The molecular weight excluding hydrogens is 304 g/mol. The van der Waals surface area contributed by atoms with E-state index in [1.165, 1.54) is 4.31 Å². The summed E-state index contributed by atoms with van der Waals surface area (Å²) in [5.41, 5.74) is 0.827. The summed E-state index contributed by atoms with van der Waals surface area (Å²) in [7, 11) is -3.50. The number of nitrogens with zero attached hydrogens (tertiary/aromatic N) is 1. The molecule has 2 rings (SSSR count). The summed E-state index contributed by atoms with van der Waals surface area (Å²) in [4.78, 5) is 0. The maximum absolute atomic E-state index is 12.4. The van der Waals surface area contributed by atoms with Crippen molar-refractivity contribution in [3.05, 3.63) is 23.8 Å². The minimum absolute atomic E-state index is 0.297. The summed E-state index contributed by atoms with van der Waals surface area (Å²) in [5.74, 6) is 1.43. The number of hydrogen-bond acceptors (Lipinski definition) is 4. The van der Waals surface area contributed by atoms with Gasteiger partial charge in [0.1, 0.15) is 11.5 Å². The highest BCUT2D eigenvalue weighted by molar-refractivity contribution is 7.87. The Morgan fingerprint density at radius 3 is 2.68 bits per heavy atom. The molecule has 1 aromatic carbocycles. The molecule has 0 bridgehead atoms. The third kappa shape index (κ3) is 3.71. The van der Waals surface area contributed by atoms with E-state index in [2.05, 4.69) is 4.72 Å². The molecule has 1 aromatic rings. The quantitative estimate of drug-likeness (QED) is 0.832. The van der Waals surface area contributed by atoms with Crippen molar-refractivity contribution in [1.29, 1.82) is 0 Å². The number of fused-ring (bicyclic) bond motifs is 1. The topological polar surface area (TPSA) is 67.9 Å². The Hall–Kier alpha value is -1.31. The number of benzene rings is 1. The summed E-state index contributed by atoms with van der Waals surface area (Å²) in [5, 5.41) is 0. The van der Waals surface area contributed by atoms with Crippen LogP contribution in [0, 0.1) is 0 Å². The molecule has 0 saturated carbocycles. The van der Waals surface area contributed by atoms with E-state index in [0.717, 1.165) is 11.3 Å². The first-order valence-electron chi connectivity index (χ1n) is 7.68. The molecule has 0 amide bonds. The highest BCUT2D eigenvalue weighted by atomic mass is 32.2. The number of nitrogens with one attached hydrogen (secondary N) is 1. The normalized spacial score (nSPS) is 17.9. The van der Waals surface area contributed by atoms with Crippen molar-refractivity contribution in [2.24, 2.45) is 0 Å². The second-order valence-electron chi connectivity index (χ2n) is 5.03. The molecule has 1 aliphatic heterocycles. The molecule has 1 heterocycles. The fourth-order valence-electron chi connectivity index (χ4n) is 2.57. The second-order valence-corrected chi connectivity index (χ2v) is 6.73. The van der Waals surface area contributed by atoms with Gasteiger partial charge in [-0.15, -0.1) is 0 Å². The van der Waals surface area contributed by atoms with Gasteiger partial charge in [-0.2, -0.15) is 17.4 Å². The zero-order valence-corrected chi connectivity index (χ0v) is 14.1. The van der Waals surface area contributed by atoms with Crippen LogP contribution in [0.1, 0.15) is 38.8 Å². The molecule has 0 radical (unpaired) electrons. The van der Waals surface area contributed by atoms with Crippen molar-refractivity contribution < 1.29 is 17.9 Å². The average molecular weight is 328 g/mol. The highest BCUT2D eigenvalue weighted by Crippen LogP contribution is 2.35. The zero-order valence-electron chi connectivity index (χ0n) is 13.3. The Morgan fingerprint density at radius 1 is 1.32 bits per heavy atom. The molecule has 0 aliphatic carbocycles. The van der Waals surface area contributed by atoms with Crippen LogP contribution in [0.2, 0.25) is 0 Å². The van der Waals surface area contributed by atoms with Gasteiger partial charge in [-0.25, -0.2) is 0 Å². The first kappa shape index (κ1) is 17.1. The van der Waals surface area contributed by atoms with Crippen molar-refractivity contribution in [1.82, 2.24) is 9.03 Å². The Kier molecular flexibility index (Phi) is 5.66. The third-order valence-corrected chi connectivity index (χ3v) is 5.45. The van der Waals surface area contributed by atoms with Crippen LogP contribution in [0.25, 0.3) is 0 Å². The predicted molar refractivity (Wildman–Crippen MR) is 85.4 cm³/mol. The lowest BCUT2D eigenvalue weighted by molar-refractivity contribution is 0.259. The molecular formula is C15H24N2O4S. The summed E-state index contributed by atoms with van der Waals surface area (Å²) in [6.07, 6.45) is 0.600. The molecule has 1 atom stereocenters. The van der Waals surface area contributed by atoms with Crippen molar-refractivity contribution >= 4 is 10.2 Å². The Morgan fingerprint density at radius 2 is 2.05 bits per heavy atom. The molecule has 7 heteroatoms. The summed E-state index contributed by atoms with van der Waals surface area (Å²) in [6.45, 7) is 7.52. The SMILES string of the molecule is CCOc1ccc2c(c1)C(NS(=O)(=O)N(CC)CC)CCO2. The van der Waals surface area contributed by atoms with E-state index in [-0.39, 0.29) is 6.04 Å². The van der Waals surface area contributed by atoms with Gasteiger partial charge < -0.3 is 9.47 Å². The van der Waals surface area contributed by atoms with E-state index in [9.17, 15) is 8.42 Å². The van der Waals surface area contributed by atoms with Crippen LogP contribution in [-0.2, 0) is 10.2 Å². The van der Waals surface area contributed by atoms with Crippen LogP contribution >= 0.6 is 0 Å². The van der Waals surface area contributed by atoms with Gasteiger partial charge in [-0.1, -0.05) is 13.8 Å².